The highest BCUT2D eigenvalue weighted by Gasteiger charge is 1.99. The third-order valence-electron chi connectivity index (χ3n) is 0.870. The molecule has 0 fully saturated rings. The monoisotopic (exact) mass is 177 g/mol. The average molecular weight is 177 g/mol. The van der Waals surface area contributed by atoms with Gasteiger partial charge in [-0.3, -0.25) is 4.18 Å². The fourth-order valence-corrected chi connectivity index (χ4v) is 0.811. The molecule has 0 saturated heterocycles. The predicted octanol–water partition coefficient (Wildman–Crippen LogP) is 0.0100. The summed E-state index contributed by atoms with van der Waals surface area (Å²) in [6.07, 6.45) is 1.21. The molecule has 0 rings (SSSR count). The van der Waals surface area contributed by atoms with E-state index < -0.39 is 10.3 Å². The number of unbranched alkanes of at least 4 members (excludes halogenated alkanes) is 1. The van der Waals surface area contributed by atoms with Crippen molar-refractivity contribution in [2.45, 2.75) is 19.8 Å². The molecule has 0 unspecified atom stereocenters. The van der Waals surface area contributed by atoms with Crippen molar-refractivity contribution < 1.29 is 12.6 Å². The van der Waals surface area contributed by atoms with Gasteiger partial charge in [-0.2, -0.15) is 8.42 Å². The number of hydrogen-bond donors (Lipinski definition) is 1. The molecule has 4 nitrogen and oxygen atoms in total. The molecule has 0 aliphatic carbocycles. The molecule has 0 bridgehead atoms. The van der Waals surface area contributed by atoms with Crippen molar-refractivity contribution in [3.05, 3.63) is 0 Å². The Kier molecular flexibility index (Phi) is 4.86. The summed E-state index contributed by atoms with van der Waals surface area (Å²) in [5.74, 6) is 5.45. The van der Waals surface area contributed by atoms with Crippen LogP contribution in [0.15, 0.2) is 0 Å². The lowest BCUT2D eigenvalue weighted by molar-refractivity contribution is 0.314. The second kappa shape index (κ2) is 5.13. The maximum absolute atomic E-state index is 10.2. The highest BCUT2D eigenvalue weighted by Crippen LogP contribution is 1.90. The molecule has 0 amide bonds. The Morgan fingerprint density at radius 1 is 1.55 bits per heavy atom. The lowest BCUT2D eigenvalue weighted by atomic mass is 10.3. The van der Waals surface area contributed by atoms with Gasteiger partial charge in [0.15, 0.2) is 0 Å². The van der Waals surface area contributed by atoms with Crippen LogP contribution in [0.2, 0.25) is 0 Å². The Morgan fingerprint density at radius 3 is 2.64 bits per heavy atom. The Hall–Kier alpha value is -0.570. The van der Waals surface area contributed by atoms with Crippen LogP contribution < -0.4 is 5.14 Å². The highest BCUT2D eigenvalue weighted by molar-refractivity contribution is 7.84. The molecular weight excluding hydrogens is 166 g/mol. The van der Waals surface area contributed by atoms with Crippen molar-refractivity contribution in [2.24, 2.45) is 5.14 Å². The number of nitrogens with two attached hydrogens (primary N) is 1. The Balaban J connectivity index is 3.34. The summed E-state index contributed by atoms with van der Waals surface area (Å²) in [4.78, 5) is 0. The van der Waals surface area contributed by atoms with Crippen LogP contribution in [0.1, 0.15) is 19.8 Å². The van der Waals surface area contributed by atoms with Gasteiger partial charge in [0.05, 0.1) is 6.61 Å². The minimum absolute atomic E-state index is 0.105. The fraction of sp³-hybridized carbons (Fsp3) is 0.667. The summed E-state index contributed by atoms with van der Waals surface area (Å²) in [6.45, 7) is 1.83. The van der Waals surface area contributed by atoms with Crippen LogP contribution in [0.25, 0.3) is 0 Å². The second-order valence-corrected chi connectivity index (χ2v) is 3.07. The lowest BCUT2D eigenvalue weighted by Gasteiger charge is -1.96. The Morgan fingerprint density at radius 2 is 2.18 bits per heavy atom. The van der Waals surface area contributed by atoms with E-state index in [0.717, 1.165) is 0 Å². The molecule has 0 aliphatic rings. The van der Waals surface area contributed by atoms with Crippen LogP contribution in [0.3, 0.4) is 0 Å². The molecule has 0 spiro atoms. The molecule has 64 valence electrons. The first-order valence-corrected chi connectivity index (χ1v) is 4.60. The Bertz CT molecular complexity index is 247. The average Bonchev–Trinajstić information content (AvgIpc) is 1.85. The smallest absolute Gasteiger partial charge is 0.258 e. The minimum atomic E-state index is -3.76. The maximum atomic E-state index is 10.2. The third kappa shape index (κ3) is 9.43. The van der Waals surface area contributed by atoms with E-state index >= 15 is 0 Å². The molecule has 0 aromatic heterocycles. The third-order valence-corrected chi connectivity index (χ3v) is 1.37. The van der Waals surface area contributed by atoms with Crippen molar-refractivity contribution in [3.8, 4) is 11.8 Å². The van der Waals surface area contributed by atoms with Gasteiger partial charge < -0.3 is 0 Å². The van der Waals surface area contributed by atoms with Gasteiger partial charge >= 0.3 is 10.3 Å². The van der Waals surface area contributed by atoms with Gasteiger partial charge in [0, 0.05) is 6.42 Å². The van der Waals surface area contributed by atoms with E-state index in [1.165, 1.54) is 0 Å². The maximum Gasteiger partial charge on any atom is 0.333 e. The summed E-state index contributed by atoms with van der Waals surface area (Å²) < 4.78 is 24.6. The highest BCUT2D eigenvalue weighted by atomic mass is 32.2. The standard InChI is InChI=1S/C6H11NO3S/c1-2-3-4-5-6-10-11(7,8)9/h4-6H2,1H3,(H2,7,8,9). The molecule has 0 aromatic rings. The van der Waals surface area contributed by atoms with Gasteiger partial charge in [0.25, 0.3) is 0 Å². The zero-order valence-electron chi connectivity index (χ0n) is 6.33. The first-order chi connectivity index (χ1) is 5.06. The van der Waals surface area contributed by atoms with Gasteiger partial charge in [-0.15, -0.1) is 11.8 Å². The van der Waals surface area contributed by atoms with Crippen LogP contribution in [-0.2, 0) is 14.5 Å². The van der Waals surface area contributed by atoms with E-state index in [1.807, 2.05) is 0 Å². The SMILES string of the molecule is CC#CCCCOS(N)(=O)=O. The van der Waals surface area contributed by atoms with Crippen LogP contribution in [-0.4, -0.2) is 15.0 Å². The zero-order chi connectivity index (χ0) is 8.74. The number of rotatable bonds is 4. The topological polar surface area (TPSA) is 69.4 Å². The summed E-state index contributed by atoms with van der Waals surface area (Å²) in [5, 5.41) is 4.56. The molecule has 0 aromatic carbocycles. The van der Waals surface area contributed by atoms with Crippen LogP contribution in [0.5, 0.6) is 0 Å². The van der Waals surface area contributed by atoms with Crippen molar-refractivity contribution in [3.63, 3.8) is 0 Å². The molecule has 5 heteroatoms. The van der Waals surface area contributed by atoms with Crippen LogP contribution in [0.4, 0.5) is 0 Å². The molecule has 0 atom stereocenters. The Labute approximate surface area is 67.0 Å². The summed E-state index contributed by atoms with van der Waals surface area (Å²) >= 11 is 0. The van der Waals surface area contributed by atoms with Crippen LogP contribution >= 0.6 is 0 Å². The van der Waals surface area contributed by atoms with Gasteiger partial charge in [0.2, 0.25) is 0 Å². The van der Waals surface area contributed by atoms with E-state index in [-0.39, 0.29) is 6.61 Å². The normalized spacial score (nSPS) is 10.4. The van der Waals surface area contributed by atoms with E-state index in [1.54, 1.807) is 6.92 Å². The molecule has 0 radical (unpaired) electrons. The van der Waals surface area contributed by atoms with Crippen molar-refractivity contribution in [1.82, 2.24) is 0 Å². The largest absolute Gasteiger partial charge is 0.333 e. The molecule has 0 aliphatic heterocycles. The molecule has 0 saturated carbocycles. The van der Waals surface area contributed by atoms with Crippen molar-refractivity contribution in [1.29, 1.82) is 0 Å². The molecule has 2 N–H and O–H groups in total. The van der Waals surface area contributed by atoms with Crippen LogP contribution in [0, 0.1) is 11.8 Å². The van der Waals surface area contributed by atoms with Gasteiger partial charge in [-0.1, -0.05) is 0 Å². The molecule has 0 heterocycles. The number of hydrogen-bond acceptors (Lipinski definition) is 3. The predicted molar refractivity (Wildman–Crippen MR) is 41.7 cm³/mol. The van der Waals surface area contributed by atoms with Crippen molar-refractivity contribution in [2.75, 3.05) is 6.61 Å². The van der Waals surface area contributed by atoms with E-state index in [2.05, 4.69) is 21.2 Å². The molecular formula is C6H11NO3S. The minimum Gasteiger partial charge on any atom is -0.258 e. The van der Waals surface area contributed by atoms with E-state index in [9.17, 15) is 8.42 Å². The quantitative estimate of drug-likeness (QED) is 0.485. The summed E-state index contributed by atoms with van der Waals surface area (Å²) in [6, 6.07) is 0. The van der Waals surface area contributed by atoms with Gasteiger partial charge in [-0.05, 0) is 13.3 Å². The summed E-state index contributed by atoms with van der Waals surface area (Å²) in [7, 11) is -3.76. The van der Waals surface area contributed by atoms with Gasteiger partial charge in [0.1, 0.15) is 0 Å². The first-order valence-electron chi connectivity index (χ1n) is 3.13. The lowest BCUT2D eigenvalue weighted by Crippen LogP contribution is -2.16. The summed E-state index contributed by atoms with van der Waals surface area (Å²) in [5.41, 5.74) is 0. The van der Waals surface area contributed by atoms with Crippen molar-refractivity contribution >= 4 is 10.3 Å². The van der Waals surface area contributed by atoms with Gasteiger partial charge in [-0.25, -0.2) is 5.14 Å². The molecule has 11 heavy (non-hydrogen) atoms. The first kappa shape index (κ1) is 10.4. The fourth-order valence-electron chi connectivity index (χ4n) is 0.461. The van der Waals surface area contributed by atoms with E-state index in [4.69, 9.17) is 0 Å². The zero-order valence-corrected chi connectivity index (χ0v) is 7.15. The second-order valence-electron chi connectivity index (χ2n) is 1.85. The van der Waals surface area contributed by atoms with E-state index in [0.29, 0.717) is 12.8 Å².